The molecule has 1 saturated heterocycles. The molecule has 0 bridgehead atoms. The molecule has 76 heavy (non-hydrogen) atoms. The minimum Gasteiger partial charge on any atom is -0.405 e. The number of rotatable bonds is 24. The van der Waals surface area contributed by atoms with Crippen LogP contribution in [0.5, 0.6) is 0 Å². The summed E-state index contributed by atoms with van der Waals surface area (Å²) in [5, 5.41) is 1.62. The Bertz CT molecular complexity index is 3350. The number of para-hydroxylation sites is 2. The van der Waals surface area contributed by atoms with E-state index in [1.54, 1.807) is 73.1 Å². The average molecular weight is 1080 g/mol. The van der Waals surface area contributed by atoms with Crippen LogP contribution in [0.15, 0.2) is 192 Å². The van der Waals surface area contributed by atoms with Crippen LogP contribution in [0.2, 0.25) is 16.6 Å². The summed E-state index contributed by atoms with van der Waals surface area (Å²) in [5.41, 5.74) is 5.37. The van der Waals surface area contributed by atoms with Gasteiger partial charge in [-0.2, -0.15) is 0 Å². The van der Waals surface area contributed by atoms with Crippen molar-refractivity contribution in [2.24, 2.45) is 0 Å². The van der Waals surface area contributed by atoms with Crippen LogP contribution in [0.1, 0.15) is 63.8 Å². The molecule has 1 fully saturated rings. The van der Waals surface area contributed by atoms with Crippen LogP contribution in [0.3, 0.4) is 0 Å². The number of hydrogen-bond donors (Lipinski definition) is 0. The summed E-state index contributed by atoms with van der Waals surface area (Å²) in [4.78, 5) is 0.402. The van der Waals surface area contributed by atoms with Crippen molar-refractivity contribution in [2.45, 2.75) is 125 Å². The molecule has 1 aliphatic rings. The molecule has 5 atom stereocenters. The Morgan fingerprint density at radius 3 is 1.36 bits per heavy atom. The first kappa shape index (κ1) is 55.0. The molecule has 9 rings (SSSR count). The van der Waals surface area contributed by atoms with Crippen molar-refractivity contribution in [3.8, 4) is 0 Å². The smallest absolute Gasteiger partial charge is 0.268 e. The van der Waals surface area contributed by atoms with Gasteiger partial charge in [-0.3, -0.25) is 0 Å². The molecule has 3 heterocycles. The second-order valence-electron chi connectivity index (χ2n) is 20.5. The van der Waals surface area contributed by atoms with Gasteiger partial charge in [0, 0.05) is 23.2 Å². The predicted molar refractivity (Wildman–Crippen MR) is 301 cm³/mol. The van der Waals surface area contributed by atoms with Crippen molar-refractivity contribution >= 4 is 50.2 Å². The summed E-state index contributed by atoms with van der Waals surface area (Å²) in [7, 11) is -10.5. The Balaban J connectivity index is 1.06. The van der Waals surface area contributed by atoms with Crippen molar-refractivity contribution in [3.05, 3.63) is 205 Å². The van der Waals surface area contributed by atoms with Crippen LogP contribution in [-0.2, 0) is 74.2 Å². The van der Waals surface area contributed by atoms with E-state index in [0.717, 1.165) is 33.0 Å². The maximum atomic E-state index is 14.1. The molecule has 0 N–H and O–H groups in total. The molecule has 1 aliphatic heterocycles. The van der Waals surface area contributed by atoms with Gasteiger partial charge in [0.1, 0.15) is 24.4 Å². The highest BCUT2D eigenvalue weighted by atomic mass is 32.2. The predicted octanol–water partition coefficient (Wildman–Crippen LogP) is 12.3. The lowest BCUT2D eigenvalue weighted by Crippen LogP contribution is -2.65. The summed E-state index contributed by atoms with van der Waals surface area (Å²) < 4.78 is 102. The van der Waals surface area contributed by atoms with Crippen LogP contribution in [-0.4, -0.2) is 83.6 Å². The molecule has 2 aromatic heterocycles. The zero-order valence-corrected chi connectivity index (χ0v) is 46.8. The third-order valence-electron chi connectivity index (χ3n) is 14.8. The maximum absolute atomic E-state index is 14.1. The van der Waals surface area contributed by atoms with E-state index in [1.807, 2.05) is 109 Å². The Morgan fingerprint density at radius 1 is 0.487 bits per heavy atom. The summed E-state index contributed by atoms with van der Waals surface area (Å²) in [5.74, 6) is 0. The van der Waals surface area contributed by atoms with Crippen molar-refractivity contribution < 1.29 is 44.9 Å². The SMILES string of the molecule is CC(C)[Si](O[C@@H]1[C@@H](OCCc2cn(S(=O)(=O)c3ccccc3)c3ccccc23)O[C@H](COCCc2cn(S(=O)(=O)c3ccccc3)c3ccccc23)[C@@H](OCc2ccccc2)[C@@H]1OCc1ccccc1)(C(C)C)C(C)C. The van der Waals surface area contributed by atoms with Gasteiger partial charge < -0.3 is 28.1 Å². The fraction of sp³-hybridized carbons (Fsp3) is 0.344. The fourth-order valence-corrected chi connectivity index (χ4v) is 19.5. The minimum absolute atomic E-state index is 0.0874. The summed E-state index contributed by atoms with van der Waals surface area (Å²) in [6.45, 7) is 14.5. The lowest BCUT2D eigenvalue weighted by Gasteiger charge is -2.51. The number of nitrogens with zero attached hydrogens (tertiary/aromatic N) is 2. The summed E-state index contributed by atoms with van der Waals surface area (Å²) >= 11 is 0. The van der Waals surface area contributed by atoms with Crippen molar-refractivity contribution in [3.63, 3.8) is 0 Å². The van der Waals surface area contributed by atoms with E-state index in [9.17, 15) is 16.8 Å². The van der Waals surface area contributed by atoms with Crippen molar-refractivity contribution in [1.29, 1.82) is 0 Å². The molecule has 0 spiro atoms. The number of fused-ring (bicyclic) bond motifs is 2. The molecule has 0 radical (unpaired) electrons. The van der Waals surface area contributed by atoms with Crippen LogP contribution in [0.4, 0.5) is 0 Å². The van der Waals surface area contributed by atoms with Gasteiger partial charge in [0.15, 0.2) is 6.29 Å². The van der Waals surface area contributed by atoms with E-state index in [2.05, 4.69) is 41.5 Å². The zero-order chi connectivity index (χ0) is 53.5. The highest BCUT2D eigenvalue weighted by Gasteiger charge is 2.55. The van der Waals surface area contributed by atoms with Gasteiger partial charge in [0.25, 0.3) is 20.0 Å². The lowest BCUT2D eigenvalue weighted by atomic mass is 9.98. The third-order valence-corrected chi connectivity index (χ3v) is 24.3. The second kappa shape index (κ2) is 24.3. The number of benzene rings is 6. The molecule has 12 nitrogen and oxygen atoms in total. The second-order valence-corrected chi connectivity index (χ2v) is 29.5. The van der Waals surface area contributed by atoms with Gasteiger partial charge in [-0.05, 0) is 88.1 Å². The normalized spacial score (nSPS) is 18.6. The van der Waals surface area contributed by atoms with E-state index < -0.39 is 59.1 Å². The van der Waals surface area contributed by atoms with Crippen molar-refractivity contribution in [2.75, 3.05) is 19.8 Å². The maximum Gasteiger partial charge on any atom is 0.268 e. The highest BCUT2D eigenvalue weighted by Crippen LogP contribution is 2.46. The van der Waals surface area contributed by atoms with Gasteiger partial charge in [-0.25, -0.2) is 24.8 Å². The molecule has 0 saturated carbocycles. The van der Waals surface area contributed by atoms with Gasteiger partial charge in [0.05, 0.1) is 53.9 Å². The molecule has 0 aliphatic carbocycles. The van der Waals surface area contributed by atoms with E-state index in [0.29, 0.717) is 23.9 Å². The third kappa shape index (κ3) is 11.7. The highest BCUT2D eigenvalue weighted by molar-refractivity contribution is 7.90. The van der Waals surface area contributed by atoms with Crippen LogP contribution in [0, 0.1) is 0 Å². The summed E-state index contributed by atoms with van der Waals surface area (Å²) in [6, 6.07) is 52.0. The molecule has 0 unspecified atom stereocenters. The van der Waals surface area contributed by atoms with E-state index in [1.165, 1.54) is 7.94 Å². The fourth-order valence-electron chi connectivity index (χ4n) is 11.2. The van der Waals surface area contributed by atoms with Crippen LogP contribution >= 0.6 is 0 Å². The van der Waals surface area contributed by atoms with Gasteiger partial charge in [-0.15, -0.1) is 0 Å². The molecule has 6 aromatic carbocycles. The van der Waals surface area contributed by atoms with Crippen LogP contribution in [0.25, 0.3) is 21.8 Å². The average Bonchev–Trinajstić information content (AvgIpc) is 4.02. The lowest BCUT2D eigenvalue weighted by molar-refractivity contribution is -0.315. The van der Waals surface area contributed by atoms with Gasteiger partial charge in [-0.1, -0.05) is 175 Å². The molecular weight excluding hydrogens is 1010 g/mol. The number of ether oxygens (including phenoxy) is 5. The van der Waals surface area contributed by atoms with Gasteiger partial charge >= 0.3 is 0 Å². The van der Waals surface area contributed by atoms with Crippen molar-refractivity contribution in [1.82, 2.24) is 7.94 Å². The first-order valence-corrected chi connectivity index (χ1v) is 31.3. The topological polar surface area (TPSA) is 134 Å². The largest absolute Gasteiger partial charge is 0.405 e. The Morgan fingerprint density at radius 2 is 0.895 bits per heavy atom. The molecular formula is C61H70N2O10S2Si. The van der Waals surface area contributed by atoms with E-state index >= 15 is 0 Å². The monoisotopic (exact) mass is 1080 g/mol. The summed E-state index contributed by atoms with van der Waals surface area (Å²) in [6.07, 6.45) is 0.326. The minimum atomic E-state index is -3.91. The molecule has 400 valence electrons. The Labute approximate surface area is 449 Å². The standard InChI is InChI=1S/C61H70N2O10S2Si/c1-44(2)76(45(3)4,46(5)6)73-60-59(71-42-48-25-13-8-14-26-48)58(70-41-47-23-11-7-12-24-47)57(43-68-37-35-49-39-62(55-33-21-19-31-53(49)55)74(64,65)51-27-15-9-16-28-51)72-61(60)69-38-36-50-40-63(56-34-22-20-32-54(50)56)75(66,67)52-29-17-10-18-30-52/h7-34,39-40,44-46,57-61H,35-38,41-43H2,1-6H3/t57-,58-,59+,60+,61+/m1/s1. The molecule has 8 aromatic rings. The van der Waals surface area contributed by atoms with E-state index in [-0.39, 0.29) is 59.4 Å². The first-order chi connectivity index (χ1) is 36.7. The number of aromatic nitrogens is 2. The quantitative estimate of drug-likeness (QED) is 0.0425. The Kier molecular flexibility index (Phi) is 17.6. The molecule has 15 heteroatoms. The molecule has 0 amide bonds. The van der Waals surface area contributed by atoms with Crippen LogP contribution < -0.4 is 0 Å². The van der Waals surface area contributed by atoms with Gasteiger partial charge in [0.2, 0.25) is 8.32 Å². The number of hydrogen-bond acceptors (Lipinski definition) is 10. The van der Waals surface area contributed by atoms with E-state index in [4.69, 9.17) is 28.1 Å². The Hall–Kier alpha value is -5.72. The zero-order valence-electron chi connectivity index (χ0n) is 44.2. The first-order valence-electron chi connectivity index (χ1n) is 26.3.